The van der Waals surface area contributed by atoms with Crippen LogP contribution in [0.4, 0.5) is 0 Å². The van der Waals surface area contributed by atoms with E-state index in [0.717, 1.165) is 109 Å². The molecule has 2 unspecified atom stereocenters. The minimum atomic E-state index is -4.64. The van der Waals surface area contributed by atoms with Crippen molar-refractivity contribution >= 4 is 19.8 Å². The van der Waals surface area contributed by atoms with Crippen molar-refractivity contribution in [3.05, 3.63) is 109 Å². The molecule has 79 heavy (non-hydrogen) atoms. The maximum absolute atomic E-state index is 12.8. The Morgan fingerprint density at radius 2 is 0.722 bits per heavy atom. The molecule has 0 spiro atoms. The highest BCUT2D eigenvalue weighted by atomic mass is 31.2. The van der Waals surface area contributed by atoms with E-state index < -0.39 is 32.5 Å². The Kier molecular flexibility index (Phi) is 56.8. The highest BCUT2D eigenvalue weighted by molar-refractivity contribution is 7.45. The van der Waals surface area contributed by atoms with Gasteiger partial charge in [-0.15, -0.1) is 0 Å². The van der Waals surface area contributed by atoms with Crippen molar-refractivity contribution in [3.63, 3.8) is 0 Å². The van der Waals surface area contributed by atoms with Gasteiger partial charge in [-0.3, -0.25) is 14.2 Å². The number of esters is 2. The fourth-order valence-corrected chi connectivity index (χ4v) is 9.34. The molecule has 454 valence electrons. The zero-order valence-corrected chi connectivity index (χ0v) is 52.4. The number of quaternary nitrogens is 1. The van der Waals surface area contributed by atoms with Gasteiger partial charge >= 0.3 is 11.9 Å². The predicted octanol–water partition coefficient (Wildman–Crippen LogP) is 19.9. The maximum atomic E-state index is 12.8. The van der Waals surface area contributed by atoms with Crippen LogP contribution in [0.1, 0.15) is 264 Å². The standard InChI is InChI=1S/C69H120NO8P/c1-6-8-10-12-14-16-18-20-22-23-24-25-26-27-28-29-30-31-32-33-34-35-36-37-38-39-40-41-42-43-44-45-46-47-48-50-52-54-56-58-60-62-69(72)78-67(66-77-79(73,74)76-64-63-70(3,4)5)65-75-68(71)61-59-57-55-53-51-49-21-19-17-15-13-11-9-7-2/h8,10,14,16,19-22,24-25,27-28,30-31,33-34,36-37,67H,6-7,9,11-13,15,17-18,23,26,29,32,35,38-66H2,1-5H3/b10-8-,16-14-,21-19-,22-20-,25-24-,28-27-,31-30-,34-33-,37-36-. The SMILES string of the molecule is CC/C=C\C/C=C\C/C=C\C/C=C\C/C=C\C/C=C\C/C=C\C/C=C\CCCCCCCCCCCCCCCCCCC(=O)OC(COC(=O)CCCCCCC/C=C\CCCCCCC)COP(=O)([O-])OCC[N+](C)(C)C. The Balaban J connectivity index is 3.98. The van der Waals surface area contributed by atoms with E-state index in [1.54, 1.807) is 0 Å². The van der Waals surface area contributed by atoms with Gasteiger partial charge in [-0.25, -0.2) is 0 Å². The molecular formula is C69H120NO8P. The van der Waals surface area contributed by atoms with E-state index in [4.69, 9.17) is 18.5 Å². The molecular weight excluding hydrogens is 1000 g/mol. The molecule has 0 aliphatic rings. The monoisotopic (exact) mass is 1120 g/mol. The van der Waals surface area contributed by atoms with Crippen LogP contribution in [0, 0.1) is 0 Å². The van der Waals surface area contributed by atoms with Crippen molar-refractivity contribution in [3.8, 4) is 0 Å². The van der Waals surface area contributed by atoms with Crippen LogP contribution in [-0.4, -0.2) is 70.0 Å². The highest BCUT2D eigenvalue weighted by Crippen LogP contribution is 2.38. The van der Waals surface area contributed by atoms with E-state index in [9.17, 15) is 19.0 Å². The number of hydrogen-bond donors (Lipinski definition) is 0. The summed E-state index contributed by atoms with van der Waals surface area (Å²) in [7, 11) is 1.16. The summed E-state index contributed by atoms with van der Waals surface area (Å²) in [5.41, 5.74) is 0. The average Bonchev–Trinajstić information content (AvgIpc) is 3.41. The first kappa shape index (κ1) is 75.7. The van der Waals surface area contributed by atoms with Crippen LogP contribution in [0.25, 0.3) is 0 Å². The molecule has 0 radical (unpaired) electrons. The van der Waals surface area contributed by atoms with Crippen molar-refractivity contribution < 1.29 is 42.1 Å². The topological polar surface area (TPSA) is 111 Å². The van der Waals surface area contributed by atoms with E-state index in [0.29, 0.717) is 17.4 Å². The van der Waals surface area contributed by atoms with Crippen molar-refractivity contribution in [2.75, 3.05) is 47.5 Å². The Labute approximate surface area is 486 Å². The zero-order valence-electron chi connectivity index (χ0n) is 51.5. The first-order valence-corrected chi connectivity index (χ1v) is 33.6. The number of hydrogen-bond acceptors (Lipinski definition) is 8. The quantitative estimate of drug-likeness (QED) is 0.0195. The summed E-state index contributed by atoms with van der Waals surface area (Å²) in [6, 6.07) is 0. The number of carbonyl (C=O) groups is 2. The molecule has 0 N–H and O–H groups in total. The summed E-state index contributed by atoms with van der Waals surface area (Å²) in [5, 5.41) is 0. The van der Waals surface area contributed by atoms with E-state index in [1.165, 1.54) is 122 Å². The van der Waals surface area contributed by atoms with Crippen LogP contribution in [-0.2, 0) is 32.7 Å². The van der Waals surface area contributed by atoms with Gasteiger partial charge < -0.3 is 27.9 Å². The van der Waals surface area contributed by atoms with Gasteiger partial charge in [0.25, 0.3) is 7.82 Å². The van der Waals surface area contributed by atoms with E-state index in [1.807, 2.05) is 21.1 Å². The number of carbonyl (C=O) groups excluding carboxylic acids is 2. The molecule has 0 fully saturated rings. The molecule has 0 saturated carbocycles. The molecule has 0 aromatic carbocycles. The van der Waals surface area contributed by atoms with Gasteiger partial charge in [0.2, 0.25) is 0 Å². The Hall–Kier alpha value is -3.33. The largest absolute Gasteiger partial charge is 0.756 e. The Morgan fingerprint density at radius 3 is 1.09 bits per heavy atom. The molecule has 0 bridgehead atoms. The van der Waals surface area contributed by atoms with Gasteiger partial charge in [-0.05, 0) is 103 Å². The first-order valence-electron chi connectivity index (χ1n) is 32.1. The second-order valence-corrected chi connectivity index (χ2v) is 23.8. The predicted molar refractivity (Wildman–Crippen MR) is 337 cm³/mol. The molecule has 0 aliphatic carbocycles. The third-order valence-electron chi connectivity index (χ3n) is 13.5. The maximum Gasteiger partial charge on any atom is 0.306 e. The fourth-order valence-electron chi connectivity index (χ4n) is 8.61. The van der Waals surface area contributed by atoms with Crippen LogP contribution >= 0.6 is 7.82 Å². The number of likely N-dealkylation sites (N-methyl/N-ethyl adjacent to an activating group) is 1. The lowest BCUT2D eigenvalue weighted by Crippen LogP contribution is -2.37. The molecule has 0 rings (SSSR count). The van der Waals surface area contributed by atoms with Gasteiger partial charge in [-0.2, -0.15) is 0 Å². The third-order valence-corrected chi connectivity index (χ3v) is 14.5. The molecule has 0 heterocycles. The number of phosphoric ester groups is 1. The normalized spacial score (nSPS) is 13.9. The molecule has 0 aromatic rings. The molecule has 0 aliphatic heterocycles. The van der Waals surface area contributed by atoms with Crippen LogP contribution in [0.15, 0.2) is 109 Å². The molecule has 0 saturated heterocycles. The number of rotatable bonds is 58. The lowest BCUT2D eigenvalue weighted by molar-refractivity contribution is -0.870. The van der Waals surface area contributed by atoms with Gasteiger partial charge in [0.15, 0.2) is 6.10 Å². The van der Waals surface area contributed by atoms with Gasteiger partial charge in [0.1, 0.15) is 19.8 Å². The lowest BCUT2D eigenvalue weighted by atomic mass is 10.0. The van der Waals surface area contributed by atoms with Gasteiger partial charge in [0, 0.05) is 12.8 Å². The Bertz CT molecular complexity index is 1700. The highest BCUT2D eigenvalue weighted by Gasteiger charge is 2.22. The smallest absolute Gasteiger partial charge is 0.306 e. The number of nitrogens with zero attached hydrogens (tertiary/aromatic N) is 1. The van der Waals surface area contributed by atoms with Crippen LogP contribution < -0.4 is 4.89 Å². The lowest BCUT2D eigenvalue weighted by Gasteiger charge is -2.28. The summed E-state index contributed by atoms with van der Waals surface area (Å²) < 4.78 is 34.1. The van der Waals surface area contributed by atoms with Crippen molar-refractivity contribution in [2.24, 2.45) is 0 Å². The minimum Gasteiger partial charge on any atom is -0.756 e. The Morgan fingerprint density at radius 1 is 0.405 bits per heavy atom. The van der Waals surface area contributed by atoms with E-state index >= 15 is 0 Å². The minimum absolute atomic E-state index is 0.0345. The number of phosphoric acid groups is 1. The second-order valence-electron chi connectivity index (χ2n) is 22.4. The zero-order chi connectivity index (χ0) is 57.7. The summed E-state index contributed by atoms with van der Waals surface area (Å²) in [6.07, 6.45) is 83.1. The summed E-state index contributed by atoms with van der Waals surface area (Å²) >= 11 is 0. The van der Waals surface area contributed by atoms with Crippen molar-refractivity contribution in [1.82, 2.24) is 0 Å². The summed E-state index contributed by atoms with van der Waals surface area (Å²) in [4.78, 5) is 37.8. The van der Waals surface area contributed by atoms with Crippen LogP contribution in [0.3, 0.4) is 0 Å². The van der Waals surface area contributed by atoms with Crippen molar-refractivity contribution in [1.29, 1.82) is 0 Å². The molecule has 10 heteroatoms. The molecule has 0 aromatic heterocycles. The van der Waals surface area contributed by atoms with E-state index in [2.05, 4.69) is 123 Å². The van der Waals surface area contributed by atoms with Gasteiger partial charge in [0.05, 0.1) is 27.7 Å². The molecule has 9 nitrogen and oxygen atoms in total. The third kappa shape index (κ3) is 63.7. The fraction of sp³-hybridized carbons (Fsp3) is 0.710. The van der Waals surface area contributed by atoms with Crippen molar-refractivity contribution in [2.45, 2.75) is 270 Å². The molecule has 0 amide bonds. The van der Waals surface area contributed by atoms with E-state index in [-0.39, 0.29) is 26.1 Å². The van der Waals surface area contributed by atoms with Crippen LogP contribution in [0.5, 0.6) is 0 Å². The summed E-state index contributed by atoms with van der Waals surface area (Å²) in [5.74, 6) is -0.841. The first-order chi connectivity index (χ1) is 38.5. The average molecular weight is 1120 g/mol. The number of ether oxygens (including phenoxy) is 2. The number of allylic oxidation sites excluding steroid dienone is 18. The second kappa shape index (κ2) is 59.3. The number of unbranched alkanes of at least 4 members (excludes halogenated alkanes) is 26. The molecule has 2 atom stereocenters. The summed E-state index contributed by atoms with van der Waals surface area (Å²) in [6.45, 7) is 4.11. The van der Waals surface area contributed by atoms with Gasteiger partial charge in [-0.1, -0.05) is 258 Å². The van der Waals surface area contributed by atoms with Crippen LogP contribution in [0.2, 0.25) is 0 Å².